The molecule has 2 heterocycles. The number of esters is 1. The fourth-order valence-corrected chi connectivity index (χ4v) is 4.76. The Labute approximate surface area is 199 Å². The van der Waals surface area contributed by atoms with E-state index in [2.05, 4.69) is 0 Å². The second-order valence-electron chi connectivity index (χ2n) is 9.27. The van der Waals surface area contributed by atoms with Crippen molar-refractivity contribution >= 4 is 23.1 Å². The van der Waals surface area contributed by atoms with Crippen LogP contribution >= 0.6 is 0 Å². The molecule has 0 aromatic heterocycles. The predicted octanol–water partition coefficient (Wildman–Crippen LogP) is 4.91. The molecule has 1 spiro atoms. The van der Waals surface area contributed by atoms with Gasteiger partial charge in [-0.3, -0.25) is 4.79 Å². The highest BCUT2D eigenvalue weighted by molar-refractivity contribution is 5.97. The summed E-state index contributed by atoms with van der Waals surface area (Å²) >= 11 is 0. The highest BCUT2D eigenvalue weighted by Crippen LogP contribution is 2.57. The number of hydrogen-bond donors (Lipinski definition) is 0. The second-order valence-corrected chi connectivity index (χ2v) is 9.27. The van der Waals surface area contributed by atoms with Gasteiger partial charge in [-0.05, 0) is 42.0 Å². The lowest BCUT2D eigenvalue weighted by atomic mass is 9.77. The molecule has 0 saturated carbocycles. The Bertz CT molecular complexity index is 1270. The standard InChI is InChI=1S/C28H28N2O4/c1-6-20(31)13-17-7-10-21-24(14-17)28(34-27(21)32)22-11-8-18(29(2)3)15-25(22)33-26-16-19(30(4)5)9-12-23(26)28/h7-12,14-16H,6,13H2,1-5H3. The van der Waals surface area contributed by atoms with E-state index in [1.807, 2.05) is 93.4 Å². The van der Waals surface area contributed by atoms with Crippen LogP contribution in [0.5, 0.6) is 11.5 Å². The fourth-order valence-electron chi connectivity index (χ4n) is 4.76. The van der Waals surface area contributed by atoms with Crippen LogP contribution in [0.15, 0.2) is 54.6 Å². The van der Waals surface area contributed by atoms with Gasteiger partial charge in [0.05, 0.1) is 5.56 Å². The van der Waals surface area contributed by atoms with E-state index in [1.165, 1.54) is 0 Å². The summed E-state index contributed by atoms with van der Waals surface area (Å²) in [6.45, 7) is 1.86. The first-order valence-electron chi connectivity index (χ1n) is 11.4. The van der Waals surface area contributed by atoms with Crippen LogP contribution < -0.4 is 14.5 Å². The van der Waals surface area contributed by atoms with Crippen molar-refractivity contribution in [2.45, 2.75) is 25.4 Å². The van der Waals surface area contributed by atoms with E-state index in [0.717, 1.165) is 33.6 Å². The average molecular weight is 457 g/mol. The minimum atomic E-state index is -1.14. The first-order valence-corrected chi connectivity index (χ1v) is 11.4. The van der Waals surface area contributed by atoms with E-state index >= 15 is 0 Å². The van der Waals surface area contributed by atoms with Crippen molar-refractivity contribution in [2.24, 2.45) is 0 Å². The third kappa shape index (κ3) is 3.24. The molecule has 5 rings (SSSR count). The molecule has 6 nitrogen and oxygen atoms in total. The quantitative estimate of drug-likeness (QED) is 0.509. The minimum Gasteiger partial charge on any atom is -0.456 e. The molecule has 174 valence electrons. The van der Waals surface area contributed by atoms with Crippen LogP contribution in [0.3, 0.4) is 0 Å². The monoisotopic (exact) mass is 456 g/mol. The number of benzene rings is 3. The molecule has 0 atom stereocenters. The molecule has 0 saturated heterocycles. The van der Waals surface area contributed by atoms with Crippen molar-refractivity contribution in [3.63, 3.8) is 0 Å². The number of rotatable bonds is 5. The molecule has 0 aliphatic carbocycles. The number of anilines is 2. The third-order valence-corrected chi connectivity index (χ3v) is 6.67. The summed E-state index contributed by atoms with van der Waals surface area (Å²) in [6.07, 6.45) is 0.793. The summed E-state index contributed by atoms with van der Waals surface area (Å²) in [6, 6.07) is 17.5. The predicted molar refractivity (Wildman–Crippen MR) is 132 cm³/mol. The number of ketones is 1. The van der Waals surface area contributed by atoms with Crippen LogP contribution in [-0.2, 0) is 21.6 Å². The Morgan fingerprint density at radius 2 is 1.41 bits per heavy atom. The maximum Gasteiger partial charge on any atom is 0.340 e. The molecular weight excluding hydrogens is 428 g/mol. The number of fused-ring (bicyclic) bond motifs is 6. The topological polar surface area (TPSA) is 59.1 Å². The smallest absolute Gasteiger partial charge is 0.340 e. The zero-order valence-electron chi connectivity index (χ0n) is 20.1. The van der Waals surface area contributed by atoms with Gasteiger partial charge in [0.25, 0.3) is 0 Å². The van der Waals surface area contributed by atoms with Gasteiger partial charge < -0.3 is 19.3 Å². The Kier molecular flexibility index (Phi) is 5.12. The zero-order chi connectivity index (χ0) is 24.2. The van der Waals surface area contributed by atoms with Crippen LogP contribution in [0.4, 0.5) is 11.4 Å². The Morgan fingerprint density at radius 1 is 0.824 bits per heavy atom. The fraction of sp³-hybridized carbons (Fsp3) is 0.286. The normalized spacial score (nSPS) is 14.6. The maximum absolute atomic E-state index is 13.2. The third-order valence-electron chi connectivity index (χ3n) is 6.67. The van der Waals surface area contributed by atoms with Crippen LogP contribution in [-0.4, -0.2) is 39.9 Å². The molecule has 0 bridgehead atoms. The van der Waals surface area contributed by atoms with E-state index in [-0.39, 0.29) is 11.8 Å². The van der Waals surface area contributed by atoms with Crippen molar-refractivity contribution < 1.29 is 19.1 Å². The van der Waals surface area contributed by atoms with Crippen LogP contribution in [0.25, 0.3) is 0 Å². The first-order chi connectivity index (χ1) is 16.2. The van der Waals surface area contributed by atoms with Gasteiger partial charge in [-0.15, -0.1) is 0 Å². The van der Waals surface area contributed by atoms with Gasteiger partial charge in [-0.1, -0.05) is 13.0 Å². The summed E-state index contributed by atoms with van der Waals surface area (Å²) in [5.74, 6) is 1.06. The van der Waals surface area contributed by atoms with Crippen molar-refractivity contribution in [1.29, 1.82) is 0 Å². The summed E-state index contributed by atoms with van der Waals surface area (Å²) in [7, 11) is 7.89. The van der Waals surface area contributed by atoms with Crippen LogP contribution in [0, 0.1) is 0 Å². The highest BCUT2D eigenvalue weighted by Gasteiger charge is 2.53. The van der Waals surface area contributed by atoms with Gasteiger partial charge in [0.15, 0.2) is 5.60 Å². The molecule has 0 unspecified atom stereocenters. The Hall–Kier alpha value is -3.80. The molecule has 3 aromatic rings. The number of ether oxygens (including phenoxy) is 2. The molecule has 0 amide bonds. The Morgan fingerprint density at radius 3 is 1.94 bits per heavy atom. The minimum absolute atomic E-state index is 0.151. The molecule has 3 aromatic carbocycles. The first kappa shape index (κ1) is 22.0. The average Bonchev–Trinajstić information content (AvgIpc) is 3.10. The molecule has 0 N–H and O–H groups in total. The van der Waals surface area contributed by atoms with Crippen LogP contribution in [0.2, 0.25) is 0 Å². The second kappa shape index (κ2) is 7.90. The van der Waals surface area contributed by atoms with Gasteiger partial charge in [-0.25, -0.2) is 4.79 Å². The van der Waals surface area contributed by atoms with Crippen molar-refractivity contribution in [3.8, 4) is 11.5 Å². The van der Waals surface area contributed by atoms with E-state index in [9.17, 15) is 9.59 Å². The summed E-state index contributed by atoms with van der Waals surface area (Å²) < 4.78 is 12.7. The Balaban J connectivity index is 1.79. The maximum atomic E-state index is 13.2. The number of carbonyl (C=O) groups is 2. The molecular formula is C28H28N2O4. The lowest BCUT2D eigenvalue weighted by Gasteiger charge is -2.37. The lowest BCUT2D eigenvalue weighted by molar-refractivity contribution is -0.118. The highest BCUT2D eigenvalue weighted by atomic mass is 16.6. The van der Waals surface area contributed by atoms with Crippen molar-refractivity contribution in [3.05, 3.63) is 82.4 Å². The number of hydrogen-bond acceptors (Lipinski definition) is 6. The van der Waals surface area contributed by atoms with Crippen molar-refractivity contribution in [1.82, 2.24) is 0 Å². The van der Waals surface area contributed by atoms with Gasteiger partial charge in [0, 0.05) is 81.2 Å². The lowest BCUT2D eigenvalue weighted by Crippen LogP contribution is -2.33. The zero-order valence-corrected chi connectivity index (χ0v) is 20.1. The number of Topliss-reactive ketones (excluding diaryl/α,β-unsaturated/α-hetero) is 1. The summed E-state index contributed by atoms with van der Waals surface area (Å²) in [5.41, 5.74) is 4.49. The van der Waals surface area contributed by atoms with Crippen molar-refractivity contribution in [2.75, 3.05) is 38.0 Å². The molecule has 0 fully saturated rings. The van der Waals surface area contributed by atoms with Crippen LogP contribution in [0.1, 0.15) is 46.0 Å². The van der Waals surface area contributed by atoms with E-state index in [1.54, 1.807) is 6.07 Å². The van der Waals surface area contributed by atoms with E-state index in [4.69, 9.17) is 9.47 Å². The van der Waals surface area contributed by atoms with E-state index < -0.39 is 5.60 Å². The molecule has 0 radical (unpaired) electrons. The summed E-state index contributed by atoms with van der Waals surface area (Å²) in [4.78, 5) is 29.3. The molecule has 2 aliphatic rings. The summed E-state index contributed by atoms with van der Waals surface area (Å²) in [5, 5.41) is 0. The molecule has 6 heteroatoms. The van der Waals surface area contributed by atoms with Gasteiger partial charge in [0.2, 0.25) is 0 Å². The van der Waals surface area contributed by atoms with Gasteiger partial charge in [-0.2, -0.15) is 0 Å². The van der Waals surface area contributed by atoms with Gasteiger partial charge in [0.1, 0.15) is 17.3 Å². The largest absolute Gasteiger partial charge is 0.456 e. The number of carbonyl (C=O) groups excluding carboxylic acids is 2. The van der Waals surface area contributed by atoms with E-state index in [0.29, 0.717) is 29.9 Å². The van der Waals surface area contributed by atoms with Gasteiger partial charge >= 0.3 is 5.97 Å². The molecule has 34 heavy (non-hydrogen) atoms. The SMILES string of the molecule is CCC(=O)Cc1ccc2c(c1)C1(OC2=O)c2ccc(N(C)C)cc2Oc2cc(N(C)C)ccc21. The molecule has 2 aliphatic heterocycles. The number of nitrogens with zero attached hydrogens (tertiary/aromatic N) is 2.